The minimum absolute atomic E-state index is 0. The summed E-state index contributed by atoms with van der Waals surface area (Å²) in [7, 11) is 0. The fourth-order valence-electron chi connectivity index (χ4n) is 3.50. The first-order valence-corrected chi connectivity index (χ1v) is 8.45. The first-order valence-electron chi connectivity index (χ1n) is 8.45. The predicted octanol–water partition coefficient (Wildman–Crippen LogP) is 1.78. The molecular weight excluding hydrogens is 326 g/mol. The van der Waals surface area contributed by atoms with Gasteiger partial charge < -0.3 is 15.1 Å². The molecule has 1 aromatic carbocycles. The summed E-state index contributed by atoms with van der Waals surface area (Å²) in [5.74, 6) is 0.291. The summed E-state index contributed by atoms with van der Waals surface area (Å²) < 4.78 is 0. The highest BCUT2D eigenvalue weighted by Crippen LogP contribution is 2.28. The molecule has 2 amide bonds. The van der Waals surface area contributed by atoms with E-state index in [2.05, 4.69) is 12.2 Å². The fourth-order valence-corrected chi connectivity index (χ4v) is 3.50. The van der Waals surface area contributed by atoms with Crippen LogP contribution in [0.25, 0.3) is 0 Å². The maximum Gasteiger partial charge on any atom is 0.253 e. The van der Waals surface area contributed by atoms with Gasteiger partial charge in [-0.15, -0.1) is 12.4 Å². The highest BCUT2D eigenvalue weighted by Gasteiger charge is 2.38. The third-order valence-electron chi connectivity index (χ3n) is 4.99. The van der Waals surface area contributed by atoms with E-state index >= 15 is 0 Å². The van der Waals surface area contributed by atoms with Crippen molar-refractivity contribution in [1.29, 1.82) is 0 Å². The predicted molar refractivity (Wildman–Crippen MR) is 96.4 cm³/mol. The van der Waals surface area contributed by atoms with Gasteiger partial charge in [0.05, 0.1) is 5.41 Å². The lowest BCUT2D eigenvalue weighted by molar-refractivity contribution is -0.143. The van der Waals surface area contributed by atoms with Crippen molar-refractivity contribution < 1.29 is 9.59 Å². The van der Waals surface area contributed by atoms with Crippen molar-refractivity contribution in [3.05, 3.63) is 35.9 Å². The minimum Gasteiger partial charge on any atom is -0.339 e. The molecule has 0 aromatic heterocycles. The zero-order chi connectivity index (χ0) is 16.3. The van der Waals surface area contributed by atoms with Crippen molar-refractivity contribution in [2.45, 2.75) is 19.8 Å². The Hall–Kier alpha value is -1.59. The molecule has 2 aliphatic heterocycles. The number of carbonyl (C=O) groups excluding carboxylic acids is 2. The second-order valence-electron chi connectivity index (χ2n) is 6.79. The molecule has 1 aromatic rings. The standard InChI is InChI=1S/C18H25N3O2.ClH/c1-18(8-5-9-19-14-18)17(23)21-12-10-20(11-13-21)16(22)15-6-3-2-4-7-15;/h2-4,6-7,19H,5,8-14H2,1H3;1H. The monoisotopic (exact) mass is 351 g/mol. The molecule has 0 aliphatic carbocycles. The van der Waals surface area contributed by atoms with Crippen molar-refractivity contribution in [3.63, 3.8) is 0 Å². The minimum atomic E-state index is -0.288. The van der Waals surface area contributed by atoms with Crippen LogP contribution < -0.4 is 5.32 Å². The Balaban J connectivity index is 0.00000208. The van der Waals surface area contributed by atoms with Crippen LogP contribution in [0.3, 0.4) is 0 Å². The van der Waals surface area contributed by atoms with Crippen LogP contribution in [0.4, 0.5) is 0 Å². The van der Waals surface area contributed by atoms with Gasteiger partial charge in [-0.05, 0) is 38.4 Å². The number of piperidine rings is 1. The lowest BCUT2D eigenvalue weighted by atomic mass is 9.81. The average molecular weight is 352 g/mol. The second-order valence-corrected chi connectivity index (χ2v) is 6.79. The summed E-state index contributed by atoms with van der Waals surface area (Å²) in [5.41, 5.74) is 0.430. The van der Waals surface area contributed by atoms with Gasteiger partial charge in [0.1, 0.15) is 0 Å². The number of hydrogen-bond acceptors (Lipinski definition) is 3. The van der Waals surface area contributed by atoms with Gasteiger partial charge >= 0.3 is 0 Å². The Bertz CT molecular complexity index is 565. The van der Waals surface area contributed by atoms with E-state index in [4.69, 9.17) is 0 Å². The van der Waals surface area contributed by atoms with E-state index in [0.717, 1.165) is 31.5 Å². The molecule has 3 rings (SSSR count). The van der Waals surface area contributed by atoms with Crippen molar-refractivity contribution in [1.82, 2.24) is 15.1 Å². The van der Waals surface area contributed by atoms with Gasteiger partial charge in [0.15, 0.2) is 0 Å². The van der Waals surface area contributed by atoms with Crippen LogP contribution in [0, 0.1) is 5.41 Å². The maximum absolute atomic E-state index is 12.8. The molecule has 2 aliphatic rings. The molecule has 24 heavy (non-hydrogen) atoms. The summed E-state index contributed by atoms with van der Waals surface area (Å²) in [6.45, 7) is 6.31. The van der Waals surface area contributed by atoms with Gasteiger partial charge in [0.2, 0.25) is 5.91 Å². The molecule has 1 atom stereocenters. The van der Waals surface area contributed by atoms with Crippen molar-refractivity contribution >= 4 is 24.2 Å². The van der Waals surface area contributed by atoms with Crippen LogP contribution in [0.2, 0.25) is 0 Å². The van der Waals surface area contributed by atoms with Crippen LogP contribution in [0.15, 0.2) is 30.3 Å². The Labute approximate surface area is 149 Å². The molecule has 0 radical (unpaired) electrons. The number of halogens is 1. The Kier molecular flexibility index (Phi) is 6.24. The third-order valence-corrected chi connectivity index (χ3v) is 4.99. The number of benzene rings is 1. The SMILES string of the molecule is CC1(C(=O)N2CCN(C(=O)c3ccccc3)CC2)CCCNC1.Cl. The molecule has 2 saturated heterocycles. The molecule has 0 saturated carbocycles. The van der Waals surface area contributed by atoms with E-state index in [9.17, 15) is 9.59 Å². The zero-order valence-electron chi connectivity index (χ0n) is 14.2. The smallest absolute Gasteiger partial charge is 0.253 e. The molecular formula is C18H26ClN3O2. The van der Waals surface area contributed by atoms with Crippen LogP contribution in [0.1, 0.15) is 30.1 Å². The number of nitrogens with zero attached hydrogens (tertiary/aromatic N) is 2. The summed E-state index contributed by atoms with van der Waals surface area (Å²) >= 11 is 0. The maximum atomic E-state index is 12.8. The van der Waals surface area contributed by atoms with Gasteiger partial charge in [-0.25, -0.2) is 0 Å². The van der Waals surface area contributed by atoms with Crippen molar-refractivity contribution in [2.24, 2.45) is 5.41 Å². The summed E-state index contributed by atoms with van der Waals surface area (Å²) in [6.07, 6.45) is 2.00. The molecule has 1 unspecified atom stereocenters. The largest absolute Gasteiger partial charge is 0.339 e. The quantitative estimate of drug-likeness (QED) is 0.883. The van der Waals surface area contributed by atoms with Gasteiger partial charge in [0, 0.05) is 38.3 Å². The van der Waals surface area contributed by atoms with Gasteiger partial charge in [0.25, 0.3) is 5.91 Å². The summed E-state index contributed by atoms with van der Waals surface area (Å²) in [4.78, 5) is 29.0. The van der Waals surface area contributed by atoms with Crippen LogP contribution in [-0.2, 0) is 4.79 Å². The highest BCUT2D eigenvalue weighted by atomic mass is 35.5. The first-order chi connectivity index (χ1) is 11.1. The third kappa shape index (κ3) is 3.90. The number of nitrogens with one attached hydrogen (secondary N) is 1. The van der Waals surface area contributed by atoms with Gasteiger partial charge in [-0.3, -0.25) is 9.59 Å². The van der Waals surface area contributed by atoms with E-state index in [1.807, 2.05) is 40.1 Å². The van der Waals surface area contributed by atoms with E-state index in [1.54, 1.807) is 0 Å². The lowest BCUT2D eigenvalue weighted by Gasteiger charge is -2.41. The number of amides is 2. The molecule has 0 spiro atoms. The Morgan fingerprint density at radius 3 is 2.25 bits per heavy atom. The molecule has 0 bridgehead atoms. The zero-order valence-corrected chi connectivity index (χ0v) is 15.0. The van der Waals surface area contributed by atoms with Crippen LogP contribution >= 0.6 is 12.4 Å². The Morgan fingerprint density at radius 2 is 1.67 bits per heavy atom. The first kappa shape index (κ1) is 18.7. The van der Waals surface area contributed by atoms with Crippen LogP contribution in [-0.4, -0.2) is 60.9 Å². The van der Waals surface area contributed by atoms with E-state index in [1.165, 1.54) is 0 Å². The number of hydrogen-bond donors (Lipinski definition) is 1. The molecule has 132 valence electrons. The normalized spacial score (nSPS) is 24.2. The summed E-state index contributed by atoms with van der Waals surface area (Å²) in [6, 6.07) is 9.35. The number of rotatable bonds is 2. The average Bonchev–Trinajstić information content (AvgIpc) is 2.62. The second kappa shape index (κ2) is 7.99. The van der Waals surface area contributed by atoms with Gasteiger partial charge in [-0.2, -0.15) is 0 Å². The molecule has 2 heterocycles. The van der Waals surface area contributed by atoms with E-state index < -0.39 is 0 Å². The molecule has 5 nitrogen and oxygen atoms in total. The van der Waals surface area contributed by atoms with Crippen molar-refractivity contribution in [3.8, 4) is 0 Å². The van der Waals surface area contributed by atoms with Crippen LogP contribution in [0.5, 0.6) is 0 Å². The molecule has 6 heteroatoms. The van der Waals surface area contributed by atoms with E-state index in [0.29, 0.717) is 26.2 Å². The molecule has 2 fully saturated rings. The molecule has 1 N–H and O–H groups in total. The van der Waals surface area contributed by atoms with Crippen molar-refractivity contribution in [2.75, 3.05) is 39.3 Å². The topological polar surface area (TPSA) is 52.7 Å². The van der Waals surface area contributed by atoms with E-state index in [-0.39, 0.29) is 29.6 Å². The fraction of sp³-hybridized carbons (Fsp3) is 0.556. The summed E-state index contributed by atoms with van der Waals surface area (Å²) in [5, 5.41) is 3.33. The number of piperazine rings is 1. The highest BCUT2D eigenvalue weighted by molar-refractivity contribution is 5.94. The lowest BCUT2D eigenvalue weighted by Crippen LogP contribution is -2.56. The van der Waals surface area contributed by atoms with Gasteiger partial charge in [-0.1, -0.05) is 18.2 Å². The Morgan fingerprint density at radius 1 is 1.04 bits per heavy atom. The number of carbonyl (C=O) groups is 2.